The summed E-state index contributed by atoms with van der Waals surface area (Å²) in [7, 11) is -3.42. The van der Waals surface area contributed by atoms with Gasteiger partial charge in [-0.3, -0.25) is 0 Å². The highest BCUT2D eigenvalue weighted by molar-refractivity contribution is 7.99. The van der Waals surface area contributed by atoms with Crippen LogP contribution in [0.5, 0.6) is 0 Å². The molecule has 2 N–H and O–H groups in total. The first-order valence-corrected chi connectivity index (χ1v) is 8.49. The molecule has 0 saturated heterocycles. The molecule has 0 spiro atoms. The standard InChI is InChI=1S/C12H19NO3S2/c1-10(17-2)9-13-18(15,16)12-5-3-11(4-6-12)7-8-14/h3-6,10,13-14H,7-9H2,1-2H3. The molecule has 0 radical (unpaired) electrons. The first kappa shape index (κ1) is 15.5. The third kappa shape index (κ3) is 4.61. The Labute approximate surface area is 113 Å². The fourth-order valence-corrected chi connectivity index (χ4v) is 2.84. The summed E-state index contributed by atoms with van der Waals surface area (Å²) in [6.07, 6.45) is 2.49. The summed E-state index contributed by atoms with van der Waals surface area (Å²) in [4.78, 5) is 0.262. The second kappa shape index (κ2) is 7.13. The van der Waals surface area contributed by atoms with Crippen molar-refractivity contribution in [3.8, 4) is 0 Å². The summed E-state index contributed by atoms with van der Waals surface area (Å²) >= 11 is 1.61. The van der Waals surface area contributed by atoms with E-state index in [-0.39, 0.29) is 16.8 Å². The summed E-state index contributed by atoms with van der Waals surface area (Å²) in [5, 5.41) is 9.03. The number of hydrogen-bond acceptors (Lipinski definition) is 4. The lowest BCUT2D eigenvalue weighted by molar-refractivity contribution is 0.299. The maximum absolute atomic E-state index is 12.0. The molecular weight excluding hydrogens is 270 g/mol. The zero-order chi connectivity index (χ0) is 13.6. The molecule has 0 aliphatic rings. The second-order valence-electron chi connectivity index (χ2n) is 4.02. The molecule has 18 heavy (non-hydrogen) atoms. The van der Waals surface area contributed by atoms with Gasteiger partial charge in [-0.25, -0.2) is 13.1 Å². The molecule has 4 nitrogen and oxygen atoms in total. The Morgan fingerprint density at radius 1 is 1.33 bits per heavy atom. The minimum Gasteiger partial charge on any atom is -0.396 e. The number of sulfonamides is 1. The van der Waals surface area contributed by atoms with E-state index in [0.717, 1.165) is 5.56 Å². The van der Waals surface area contributed by atoms with Crippen molar-refractivity contribution in [2.45, 2.75) is 23.5 Å². The lowest BCUT2D eigenvalue weighted by Crippen LogP contribution is -2.29. The molecule has 1 aromatic rings. The van der Waals surface area contributed by atoms with Crippen molar-refractivity contribution in [3.05, 3.63) is 29.8 Å². The fraction of sp³-hybridized carbons (Fsp3) is 0.500. The first-order valence-electron chi connectivity index (χ1n) is 5.72. The Morgan fingerprint density at radius 3 is 2.44 bits per heavy atom. The number of hydrogen-bond donors (Lipinski definition) is 2. The van der Waals surface area contributed by atoms with Crippen molar-refractivity contribution in [3.63, 3.8) is 0 Å². The molecule has 0 fully saturated rings. The highest BCUT2D eigenvalue weighted by atomic mass is 32.2. The highest BCUT2D eigenvalue weighted by Crippen LogP contribution is 2.12. The van der Waals surface area contributed by atoms with Gasteiger partial charge in [0.25, 0.3) is 0 Å². The van der Waals surface area contributed by atoms with Gasteiger partial charge in [0, 0.05) is 18.4 Å². The van der Waals surface area contributed by atoms with Gasteiger partial charge >= 0.3 is 0 Å². The summed E-state index contributed by atoms with van der Waals surface area (Å²) in [5.74, 6) is 0. The maximum Gasteiger partial charge on any atom is 0.240 e. The van der Waals surface area contributed by atoms with Gasteiger partial charge in [0.2, 0.25) is 10.0 Å². The van der Waals surface area contributed by atoms with Gasteiger partial charge in [-0.15, -0.1) is 0 Å². The Bertz CT molecular complexity index is 457. The SMILES string of the molecule is CSC(C)CNS(=O)(=O)c1ccc(CCO)cc1. The van der Waals surface area contributed by atoms with E-state index in [1.807, 2.05) is 13.2 Å². The van der Waals surface area contributed by atoms with E-state index < -0.39 is 10.0 Å². The van der Waals surface area contributed by atoms with Crippen LogP contribution in [0.15, 0.2) is 29.2 Å². The van der Waals surface area contributed by atoms with Gasteiger partial charge < -0.3 is 5.11 Å². The van der Waals surface area contributed by atoms with Crippen LogP contribution in [-0.2, 0) is 16.4 Å². The van der Waals surface area contributed by atoms with Crippen molar-refractivity contribution in [1.82, 2.24) is 4.72 Å². The summed E-state index contributed by atoms with van der Waals surface area (Å²) < 4.78 is 26.5. The Morgan fingerprint density at radius 2 is 1.94 bits per heavy atom. The van der Waals surface area contributed by atoms with Crippen LogP contribution in [-0.4, -0.2) is 38.2 Å². The van der Waals surface area contributed by atoms with E-state index in [1.54, 1.807) is 36.0 Å². The highest BCUT2D eigenvalue weighted by Gasteiger charge is 2.14. The van der Waals surface area contributed by atoms with Gasteiger partial charge in [-0.1, -0.05) is 19.1 Å². The van der Waals surface area contributed by atoms with Crippen molar-refractivity contribution in [2.24, 2.45) is 0 Å². The van der Waals surface area contributed by atoms with E-state index >= 15 is 0 Å². The average molecular weight is 289 g/mol. The van der Waals surface area contributed by atoms with Crippen LogP contribution in [0.25, 0.3) is 0 Å². The predicted molar refractivity (Wildman–Crippen MR) is 75.4 cm³/mol. The summed E-state index contributed by atoms with van der Waals surface area (Å²) in [5.41, 5.74) is 0.925. The molecule has 1 rings (SSSR count). The van der Waals surface area contributed by atoms with Crippen molar-refractivity contribution in [1.29, 1.82) is 0 Å². The number of thioether (sulfide) groups is 1. The molecule has 0 aliphatic carbocycles. The van der Waals surface area contributed by atoms with E-state index in [9.17, 15) is 8.42 Å². The van der Waals surface area contributed by atoms with Crippen molar-refractivity contribution < 1.29 is 13.5 Å². The average Bonchev–Trinajstić information content (AvgIpc) is 2.37. The van der Waals surface area contributed by atoms with Crippen LogP contribution in [0.3, 0.4) is 0 Å². The van der Waals surface area contributed by atoms with Crippen LogP contribution < -0.4 is 4.72 Å². The largest absolute Gasteiger partial charge is 0.396 e. The molecule has 102 valence electrons. The molecular formula is C12H19NO3S2. The molecule has 0 saturated carbocycles. The van der Waals surface area contributed by atoms with Crippen LogP contribution >= 0.6 is 11.8 Å². The Balaban J connectivity index is 2.72. The third-order valence-electron chi connectivity index (χ3n) is 2.60. The molecule has 0 aliphatic heterocycles. The van der Waals surface area contributed by atoms with E-state index in [4.69, 9.17) is 5.11 Å². The number of rotatable bonds is 7. The minimum absolute atomic E-state index is 0.0651. The number of benzene rings is 1. The van der Waals surface area contributed by atoms with E-state index in [2.05, 4.69) is 4.72 Å². The lowest BCUT2D eigenvalue weighted by Gasteiger charge is -2.11. The van der Waals surface area contributed by atoms with Crippen LogP contribution in [0.4, 0.5) is 0 Å². The molecule has 0 heterocycles. The van der Waals surface area contributed by atoms with Crippen LogP contribution in [0.2, 0.25) is 0 Å². The third-order valence-corrected chi connectivity index (χ3v) is 5.01. The molecule has 0 amide bonds. The van der Waals surface area contributed by atoms with Crippen molar-refractivity contribution in [2.75, 3.05) is 19.4 Å². The first-order chi connectivity index (χ1) is 8.49. The van der Waals surface area contributed by atoms with Gasteiger partial charge in [0.05, 0.1) is 4.90 Å². The second-order valence-corrected chi connectivity index (χ2v) is 7.06. The van der Waals surface area contributed by atoms with Crippen molar-refractivity contribution >= 4 is 21.8 Å². The Kier molecular flexibility index (Phi) is 6.14. The monoisotopic (exact) mass is 289 g/mol. The van der Waals surface area contributed by atoms with E-state index in [0.29, 0.717) is 13.0 Å². The predicted octanol–water partition coefficient (Wildman–Crippen LogP) is 1.25. The van der Waals surface area contributed by atoms with Gasteiger partial charge in [-0.05, 0) is 30.4 Å². The smallest absolute Gasteiger partial charge is 0.240 e. The number of aliphatic hydroxyl groups is 1. The summed E-state index contributed by atoms with van der Waals surface area (Å²) in [6.45, 7) is 2.45. The molecule has 1 unspecified atom stereocenters. The lowest BCUT2D eigenvalue weighted by atomic mass is 10.2. The Hall–Kier alpha value is -0.560. The van der Waals surface area contributed by atoms with Crippen LogP contribution in [0.1, 0.15) is 12.5 Å². The normalized spacial score (nSPS) is 13.5. The van der Waals surface area contributed by atoms with Gasteiger partial charge in [0.15, 0.2) is 0 Å². The minimum atomic E-state index is -3.42. The summed E-state index contributed by atoms with van der Waals surface area (Å²) in [6, 6.07) is 6.58. The zero-order valence-electron chi connectivity index (χ0n) is 10.6. The van der Waals surface area contributed by atoms with Gasteiger partial charge in [-0.2, -0.15) is 11.8 Å². The molecule has 1 atom stereocenters. The molecule has 0 bridgehead atoms. The van der Waals surface area contributed by atoms with Gasteiger partial charge in [0.1, 0.15) is 0 Å². The number of nitrogens with one attached hydrogen (secondary N) is 1. The fourth-order valence-electron chi connectivity index (χ4n) is 1.36. The zero-order valence-corrected chi connectivity index (χ0v) is 12.2. The maximum atomic E-state index is 12.0. The molecule has 1 aromatic carbocycles. The topological polar surface area (TPSA) is 66.4 Å². The molecule has 6 heteroatoms. The van der Waals surface area contributed by atoms with Crippen LogP contribution in [0, 0.1) is 0 Å². The number of aliphatic hydroxyl groups excluding tert-OH is 1. The van der Waals surface area contributed by atoms with E-state index in [1.165, 1.54) is 0 Å². The molecule has 0 aromatic heterocycles. The quantitative estimate of drug-likeness (QED) is 0.793.